The summed E-state index contributed by atoms with van der Waals surface area (Å²) >= 11 is 19.3. The van der Waals surface area contributed by atoms with E-state index in [0.717, 1.165) is 11.8 Å². The number of thioether (sulfide) groups is 1. The van der Waals surface area contributed by atoms with Gasteiger partial charge in [0.05, 0.1) is 38.6 Å². The van der Waals surface area contributed by atoms with Crippen molar-refractivity contribution in [2.45, 2.75) is 5.16 Å². The summed E-state index contributed by atoms with van der Waals surface area (Å²) in [5.74, 6) is -0.407. The zero-order chi connectivity index (χ0) is 23.4. The van der Waals surface area contributed by atoms with Crippen LogP contribution in [-0.2, 0) is 4.79 Å². The van der Waals surface area contributed by atoms with Gasteiger partial charge < -0.3 is 0 Å². The first kappa shape index (κ1) is 23.3. The highest BCUT2D eigenvalue weighted by Crippen LogP contribution is 2.23. The van der Waals surface area contributed by atoms with E-state index in [0.29, 0.717) is 42.4 Å². The topological polar surface area (TPSA) is 76.3 Å². The molecule has 0 aliphatic rings. The summed E-state index contributed by atoms with van der Waals surface area (Å²) in [4.78, 5) is 30.2. The Morgan fingerprint density at radius 1 is 1.00 bits per heavy atom. The van der Waals surface area contributed by atoms with Crippen molar-refractivity contribution >= 4 is 69.6 Å². The molecule has 1 N–H and O–H groups in total. The maximum absolute atomic E-state index is 13.2. The van der Waals surface area contributed by atoms with Crippen LogP contribution in [0.3, 0.4) is 0 Å². The van der Waals surface area contributed by atoms with Gasteiger partial charge in [0.15, 0.2) is 5.16 Å². The highest BCUT2D eigenvalue weighted by molar-refractivity contribution is 7.99. The second-order valence-corrected chi connectivity index (χ2v) is 8.94. The van der Waals surface area contributed by atoms with Crippen LogP contribution >= 0.6 is 46.6 Å². The van der Waals surface area contributed by atoms with Crippen molar-refractivity contribution < 1.29 is 4.79 Å². The molecule has 0 atom stereocenters. The Balaban J connectivity index is 1.57. The molecule has 4 rings (SSSR count). The lowest BCUT2D eigenvalue weighted by atomic mass is 10.2. The molecule has 6 nitrogen and oxygen atoms in total. The van der Waals surface area contributed by atoms with Crippen molar-refractivity contribution in [2.75, 3.05) is 5.75 Å². The van der Waals surface area contributed by atoms with Crippen LogP contribution in [0.5, 0.6) is 0 Å². The third-order valence-electron chi connectivity index (χ3n) is 4.54. The number of amides is 1. The maximum atomic E-state index is 13.2. The molecule has 0 fully saturated rings. The van der Waals surface area contributed by atoms with E-state index >= 15 is 0 Å². The van der Waals surface area contributed by atoms with E-state index in [2.05, 4.69) is 15.5 Å². The predicted molar refractivity (Wildman–Crippen MR) is 135 cm³/mol. The first-order chi connectivity index (χ1) is 15.9. The fraction of sp³-hybridized carbons (Fsp3) is 0.0435. The summed E-state index contributed by atoms with van der Waals surface area (Å²) in [7, 11) is 0. The highest BCUT2D eigenvalue weighted by Gasteiger charge is 2.15. The lowest BCUT2D eigenvalue weighted by Crippen LogP contribution is -2.24. The molecule has 10 heteroatoms. The number of carbonyl (C=O) groups is 1. The smallest absolute Gasteiger partial charge is 0.266 e. The zero-order valence-electron chi connectivity index (χ0n) is 16.8. The van der Waals surface area contributed by atoms with Crippen LogP contribution in [-0.4, -0.2) is 27.4 Å². The van der Waals surface area contributed by atoms with Crippen LogP contribution in [0.15, 0.2) is 81.8 Å². The molecular formula is C23H15Cl3N4O2S. The van der Waals surface area contributed by atoms with Crippen LogP contribution in [0.1, 0.15) is 5.56 Å². The van der Waals surface area contributed by atoms with E-state index < -0.39 is 0 Å². The number of carbonyl (C=O) groups excluding carboxylic acids is 1. The van der Waals surface area contributed by atoms with E-state index in [1.54, 1.807) is 66.7 Å². The second kappa shape index (κ2) is 10.4. The highest BCUT2D eigenvalue weighted by atomic mass is 35.5. The van der Waals surface area contributed by atoms with Crippen molar-refractivity contribution in [3.05, 3.63) is 97.7 Å². The van der Waals surface area contributed by atoms with E-state index in [-0.39, 0.29) is 17.2 Å². The van der Waals surface area contributed by atoms with E-state index in [9.17, 15) is 9.59 Å². The molecule has 3 aromatic carbocycles. The Hall–Kier alpha value is -2.84. The van der Waals surface area contributed by atoms with Gasteiger partial charge in [-0.05, 0) is 48.5 Å². The minimum absolute atomic E-state index is 0.0219. The molecule has 1 aromatic heterocycles. The van der Waals surface area contributed by atoms with Gasteiger partial charge in [-0.25, -0.2) is 10.4 Å². The normalized spacial score (nSPS) is 11.2. The van der Waals surface area contributed by atoms with Crippen molar-refractivity contribution in [3.8, 4) is 5.69 Å². The van der Waals surface area contributed by atoms with Crippen LogP contribution in [0, 0.1) is 0 Å². The molecular weight excluding hydrogens is 503 g/mol. The number of para-hydroxylation sites is 1. The van der Waals surface area contributed by atoms with Crippen molar-refractivity contribution in [3.63, 3.8) is 0 Å². The number of benzene rings is 3. The first-order valence-electron chi connectivity index (χ1n) is 9.60. The largest absolute Gasteiger partial charge is 0.272 e. The molecule has 166 valence electrons. The average Bonchev–Trinajstić information content (AvgIpc) is 2.80. The molecule has 0 aliphatic heterocycles. The summed E-state index contributed by atoms with van der Waals surface area (Å²) in [5.41, 5.74) is 3.83. The van der Waals surface area contributed by atoms with Crippen LogP contribution in [0.2, 0.25) is 15.1 Å². The van der Waals surface area contributed by atoms with Crippen LogP contribution in [0.25, 0.3) is 16.6 Å². The maximum Gasteiger partial charge on any atom is 0.266 e. The summed E-state index contributed by atoms with van der Waals surface area (Å²) in [5, 5.41) is 6.15. The molecule has 33 heavy (non-hydrogen) atoms. The van der Waals surface area contributed by atoms with Gasteiger partial charge in [-0.1, -0.05) is 64.8 Å². The predicted octanol–water partition coefficient (Wildman–Crippen LogP) is 5.59. The number of fused-ring (bicyclic) bond motifs is 1. The summed E-state index contributed by atoms with van der Waals surface area (Å²) in [6.45, 7) is 0. The monoisotopic (exact) mass is 516 g/mol. The summed E-state index contributed by atoms with van der Waals surface area (Å²) in [6, 6.07) is 18.9. The van der Waals surface area contributed by atoms with E-state index in [1.165, 1.54) is 10.8 Å². The number of halogens is 3. The number of aromatic nitrogens is 2. The van der Waals surface area contributed by atoms with Crippen molar-refractivity contribution in [1.82, 2.24) is 15.0 Å². The number of hydrogen-bond acceptors (Lipinski definition) is 5. The summed E-state index contributed by atoms with van der Waals surface area (Å²) in [6.07, 6.45) is 1.38. The molecule has 0 saturated carbocycles. The Morgan fingerprint density at radius 3 is 2.42 bits per heavy atom. The van der Waals surface area contributed by atoms with Gasteiger partial charge in [-0.3, -0.25) is 14.2 Å². The summed E-state index contributed by atoms with van der Waals surface area (Å²) < 4.78 is 1.46. The Bertz CT molecular complexity index is 1400. The third kappa shape index (κ3) is 5.39. The molecule has 1 heterocycles. The third-order valence-corrected chi connectivity index (χ3v) is 6.39. The number of nitrogens with zero attached hydrogens (tertiary/aromatic N) is 3. The quantitative estimate of drug-likeness (QED) is 0.157. The number of nitrogens with one attached hydrogen (secondary N) is 1. The Morgan fingerprint density at radius 2 is 1.70 bits per heavy atom. The fourth-order valence-corrected chi connectivity index (χ4v) is 4.42. The average molecular weight is 518 g/mol. The molecule has 4 aromatic rings. The minimum atomic E-state index is -0.385. The Kier molecular flexibility index (Phi) is 7.35. The number of rotatable bonds is 6. The number of hydrogen-bond donors (Lipinski definition) is 1. The van der Waals surface area contributed by atoms with E-state index in [4.69, 9.17) is 34.8 Å². The van der Waals surface area contributed by atoms with Crippen LogP contribution in [0.4, 0.5) is 0 Å². The lowest BCUT2D eigenvalue weighted by molar-refractivity contribution is -0.118. The number of hydrazone groups is 1. The molecule has 0 radical (unpaired) electrons. The zero-order valence-corrected chi connectivity index (χ0v) is 19.9. The fourth-order valence-electron chi connectivity index (χ4n) is 2.99. The van der Waals surface area contributed by atoms with Gasteiger partial charge in [0.25, 0.3) is 11.5 Å². The van der Waals surface area contributed by atoms with Gasteiger partial charge in [-0.15, -0.1) is 0 Å². The van der Waals surface area contributed by atoms with E-state index in [1.807, 2.05) is 0 Å². The first-order valence-corrected chi connectivity index (χ1v) is 11.7. The molecule has 0 aliphatic carbocycles. The molecule has 0 unspecified atom stereocenters. The van der Waals surface area contributed by atoms with Gasteiger partial charge in [0, 0.05) is 10.6 Å². The van der Waals surface area contributed by atoms with Gasteiger partial charge in [-0.2, -0.15) is 5.10 Å². The molecule has 0 saturated heterocycles. The van der Waals surface area contributed by atoms with Gasteiger partial charge in [0.2, 0.25) is 0 Å². The van der Waals surface area contributed by atoms with Crippen molar-refractivity contribution in [1.29, 1.82) is 0 Å². The van der Waals surface area contributed by atoms with Gasteiger partial charge in [0.1, 0.15) is 0 Å². The lowest BCUT2D eigenvalue weighted by Gasteiger charge is -2.13. The molecule has 0 spiro atoms. The van der Waals surface area contributed by atoms with Crippen molar-refractivity contribution in [2.24, 2.45) is 5.10 Å². The standard InChI is InChI=1S/C23H15Cl3N4O2S/c24-14-8-10-15(11-9-14)30-22(32)16-4-1-2-7-20(16)28-23(30)33-13-21(31)29-27-12-17-18(25)5-3-6-19(17)26/h1-12H,13H2,(H,29,31). The Labute approximate surface area is 208 Å². The molecule has 1 amide bonds. The SMILES string of the molecule is O=C(CSc1nc2ccccc2c(=O)n1-c1ccc(Cl)cc1)NN=Cc1c(Cl)cccc1Cl. The molecule has 0 bridgehead atoms. The second-order valence-electron chi connectivity index (χ2n) is 6.75. The van der Waals surface area contributed by atoms with Gasteiger partial charge >= 0.3 is 0 Å². The minimum Gasteiger partial charge on any atom is -0.272 e. The van der Waals surface area contributed by atoms with Crippen LogP contribution < -0.4 is 11.0 Å².